The minimum absolute atomic E-state index is 0.113. The zero-order valence-electron chi connectivity index (χ0n) is 18.0. The Balaban J connectivity index is 0.000000333. The first-order valence-electron chi connectivity index (χ1n) is 9.95. The molecule has 1 aliphatic carbocycles. The lowest BCUT2D eigenvalue weighted by Gasteiger charge is -2.14. The van der Waals surface area contributed by atoms with Gasteiger partial charge in [-0.15, -0.1) is 0 Å². The van der Waals surface area contributed by atoms with E-state index in [1.54, 1.807) is 6.08 Å². The Morgan fingerprint density at radius 2 is 1.87 bits per heavy atom. The molecule has 0 bridgehead atoms. The lowest BCUT2D eigenvalue weighted by Crippen LogP contribution is -2.04. The van der Waals surface area contributed by atoms with Crippen LogP contribution in [0.15, 0.2) is 97.1 Å². The molecule has 31 heavy (non-hydrogen) atoms. The van der Waals surface area contributed by atoms with Crippen LogP contribution in [0, 0.1) is 5.82 Å². The molecule has 1 unspecified atom stereocenters. The van der Waals surface area contributed by atoms with Crippen LogP contribution < -0.4 is 16.8 Å². The normalized spacial score (nSPS) is 13.1. The summed E-state index contributed by atoms with van der Waals surface area (Å²) in [6.07, 6.45) is 6.47. The third-order valence-electron chi connectivity index (χ3n) is 4.25. The number of benzene rings is 2. The van der Waals surface area contributed by atoms with Crippen LogP contribution >= 0.6 is 0 Å². The highest BCUT2D eigenvalue weighted by atomic mass is 19.1. The van der Waals surface area contributed by atoms with Crippen molar-refractivity contribution in [1.29, 1.82) is 0 Å². The Bertz CT molecular complexity index is 906. The summed E-state index contributed by atoms with van der Waals surface area (Å²) >= 11 is 0. The molecule has 0 amide bonds. The van der Waals surface area contributed by atoms with Gasteiger partial charge in [0.1, 0.15) is 11.6 Å². The number of hydrogen-bond acceptors (Lipinski definition) is 3. The number of nitrogen functional groups attached to an aromatic ring is 1. The summed E-state index contributed by atoms with van der Waals surface area (Å²) < 4.78 is 26.7. The second-order valence-corrected chi connectivity index (χ2v) is 6.94. The molecule has 0 heterocycles. The number of hydrogen-bond donors (Lipinski definition) is 3. The molecule has 2 aromatic rings. The van der Waals surface area contributed by atoms with E-state index in [9.17, 15) is 8.78 Å². The van der Waals surface area contributed by atoms with Crippen LogP contribution in [0.4, 0.5) is 20.2 Å². The third-order valence-corrected chi connectivity index (χ3v) is 4.25. The van der Waals surface area contributed by atoms with Crippen LogP contribution in [-0.2, 0) is 0 Å². The monoisotopic (exact) mass is 421 g/mol. The molecule has 1 atom stereocenters. The van der Waals surface area contributed by atoms with Crippen LogP contribution in [0.5, 0.6) is 0 Å². The van der Waals surface area contributed by atoms with Gasteiger partial charge < -0.3 is 16.8 Å². The summed E-state index contributed by atoms with van der Waals surface area (Å²) in [7, 11) is 5.61. The molecule has 0 saturated heterocycles. The molecule has 6 heteroatoms. The fraction of sp³-hybridized carbons (Fsp3) is 0.200. The first-order chi connectivity index (χ1) is 14.8. The van der Waals surface area contributed by atoms with Crippen molar-refractivity contribution in [1.82, 2.24) is 0 Å². The van der Waals surface area contributed by atoms with Gasteiger partial charge in [0.2, 0.25) is 0 Å². The van der Waals surface area contributed by atoms with E-state index < -0.39 is 0 Å². The standard InChI is InChI=1S/C15H16F2N2.C8H9B.C2H5N/c1-10(8-11-4-2-3-5-13(11)17)19-15-9-12(16)6-7-14(15)18;1-7(9)8-5-3-2-4-6-8;1-2-3/h2,4,6-7,9,19H,1,3,5,8,18H2;2-7H,1H3;2H,1,3H2. The Labute approximate surface area is 185 Å². The molecule has 2 radical (unpaired) electrons. The molecule has 162 valence electrons. The van der Waals surface area contributed by atoms with Crippen molar-refractivity contribution in [3.63, 3.8) is 0 Å². The predicted octanol–water partition coefficient (Wildman–Crippen LogP) is 6.30. The molecule has 0 saturated carbocycles. The maximum absolute atomic E-state index is 13.6. The van der Waals surface area contributed by atoms with Crippen LogP contribution in [0.25, 0.3) is 0 Å². The Morgan fingerprint density at radius 1 is 1.23 bits per heavy atom. The highest BCUT2D eigenvalue weighted by Gasteiger charge is 2.10. The summed E-state index contributed by atoms with van der Waals surface area (Å²) in [6.45, 7) is 8.95. The number of nitrogens with one attached hydrogen (secondary N) is 1. The Morgan fingerprint density at radius 3 is 2.42 bits per heavy atom. The fourth-order valence-electron chi connectivity index (χ4n) is 2.70. The van der Waals surface area contributed by atoms with Crippen LogP contribution in [0.2, 0.25) is 0 Å². The minimum atomic E-state index is -0.382. The molecule has 0 aromatic heterocycles. The summed E-state index contributed by atoms with van der Waals surface area (Å²) in [5.74, 6) is -0.337. The molecule has 3 rings (SSSR count). The Hall–Kier alpha value is -3.28. The first kappa shape index (κ1) is 25.8. The molecule has 0 aliphatic heterocycles. The van der Waals surface area contributed by atoms with Gasteiger partial charge in [0.15, 0.2) is 0 Å². The van der Waals surface area contributed by atoms with Gasteiger partial charge >= 0.3 is 0 Å². The first-order valence-corrected chi connectivity index (χ1v) is 9.95. The molecule has 0 fully saturated rings. The van der Waals surface area contributed by atoms with Gasteiger partial charge in [-0.1, -0.05) is 73.9 Å². The number of rotatable bonds is 5. The quantitative estimate of drug-likeness (QED) is 0.392. The lowest BCUT2D eigenvalue weighted by atomic mass is 9.83. The van der Waals surface area contributed by atoms with Gasteiger partial charge in [-0.2, -0.15) is 0 Å². The van der Waals surface area contributed by atoms with E-state index in [1.165, 1.54) is 30.0 Å². The maximum Gasteiger partial charge on any atom is 0.125 e. The van der Waals surface area contributed by atoms with E-state index in [-0.39, 0.29) is 17.5 Å². The van der Waals surface area contributed by atoms with E-state index in [2.05, 4.69) is 24.2 Å². The van der Waals surface area contributed by atoms with Crippen molar-refractivity contribution in [2.24, 2.45) is 5.73 Å². The number of anilines is 2. The molecule has 1 aliphatic rings. The van der Waals surface area contributed by atoms with Crippen LogP contribution in [0.1, 0.15) is 37.6 Å². The molecular weight excluding hydrogens is 391 g/mol. The second-order valence-electron chi connectivity index (χ2n) is 6.94. The SMILES string of the molecule is C=C(CC1=C(F)CCC=C1)Nc1cc(F)ccc1N.C=CN.[B]C(C)c1ccccc1. The minimum Gasteiger partial charge on any atom is -0.405 e. The van der Waals surface area contributed by atoms with Crippen LogP contribution in [-0.4, -0.2) is 7.85 Å². The number of allylic oxidation sites excluding steroid dienone is 4. The molecule has 2 aromatic carbocycles. The molecular formula is C25H30BF2N3. The molecule has 3 nitrogen and oxygen atoms in total. The van der Waals surface area contributed by atoms with Gasteiger partial charge in [0, 0.05) is 18.5 Å². The van der Waals surface area contributed by atoms with E-state index in [0.29, 0.717) is 35.5 Å². The summed E-state index contributed by atoms with van der Waals surface area (Å²) in [5, 5.41) is 2.92. The van der Waals surface area contributed by atoms with Crippen LogP contribution in [0.3, 0.4) is 0 Å². The van der Waals surface area contributed by atoms with E-state index in [4.69, 9.17) is 13.6 Å². The van der Waals surface area contributed by atoms with Gasteiger partial charge in [-0.25, -0.2) is 8.78 Å². The van der Waals surface area contributed by atoms with Gasteiger partial charge in [-0.3, -0.25) is 0 Å². The van der Waals surface area contributed by atoms with E-state index in [0.717, 1.165) is 6.42 Å². The van der Waals surface area contributed by atoms with Crippen molar-refractivity contribution in [3.8, 4) is 0 Å². The predicted molar refractivity (Wildman–Crippen MR) is 130 cm³/mol. The van der Waals surface area contributed by atoms with Crippen molar-refractivity contribution in [2.45, 2.75) is 32.0 Å². The number of halogens is 2. The number of nitrogens with two attached hydrogens (primary N) is 2. The van der Waals surface area contributed by atoms with E-state index in [1.807, 2.05) is 43.3 Å². The third kappa shape index (κ3) is 9.85. The summed E-state index contributed by atoms with van der Waals surface area (Å²) in [4.78, 5) is 0. The van der Waals surface area contributed by atoms with Gasteiger partial charge in [0.05, 0.1) is 19.2 Å². The summed E-state index contributed by atoms with van der Waals surface area (Å²) in [5.41, 5.74) is 13.6. The second kappa shape index (κ2) is 13.9. The zero-order valence-corrected chi connectivity index (χ0v) is 18.0. The van der Waals surface area contributed by atoms with Crippen molar-refractivity contribution < 1.29 is 8.78 Å². The highest BCUT2D eigenvalue weighted by molar-refractivity contribution is 6.12. The Kier molecular flexibility index (Phi) is 11.5. The lowest BCUT2D eigenvalue weighted by molar-refractivity contribution is 0.574. The van der Waals surface area contributed by atoms with Crippen molar-refractivity contribution in [2.75, 3.05) is 11.1 Å². The average molecular weight is 421 g/mol. The highest BCUT2D eigenvalue weighted by Crippen LogP contribution is 2.27. The van der Waals surface area contributed by atoms with Gasteiger partial charge in [-0.05, 0) is 36.4 Å². The van der Waals surface area contributed by atoms with Crippen molar-refractivity contribution in [3.05, 3.63) is 109 Å². The maximum atomic E-state index is 13.6. The average Bonchev–Trinajstić information content (AvgIpc) is 2.74. The largest absolute Gasteiger partial charge is 0.405 e. The molecule has 5 N–H and O–H groups in total. The van der Waals surface area contributed by atoms with E-state index >= 15 is 0 Å². The van der Waals surface area contributed by atoms with Crippen molar-refractivity contribution >= 4 is 19.2 Å². The van der Waals surface area contributed by atoms with Gasteiger partial charge in [0.25, 0.3) is 0 Å². The smallest absolute Gasteiger partial charge is 0.125 e. The topological polar surface area (TPSA) is 64.1 Å². The summed E-state index contributed by atoms with van der Waals surface area (Å²) in [6, 6.07) is 14.1. The molecule has 0 spiro atoms. The zero-order chi connectivity index (χ0) is 23.2. The fourth-order valence-corrected chi connectivity index (χ4v) is 2.70.